The Hall–Kier alpha value is -2.88. The van der Waals surface area contributed by atoms with Crippen LogP contribution in [-0.4, -0.2) is 10.9 Å². The van der Waals surface area contributed by atoms with Crippen molar-refractivity contribution >= 4 is 22.5 Å². The number of aromatic amines is 1. The molecule has 1 heterocycles. The first-order chi connectivity index (χ1) is 12.0. The third-order valence-corrected chi connectivity index (χ3v) is 4.44. The number of rotatable bonds is 4. The van der Waals surface area contributed by atoms with Crippen LogP contribution in [0.15, 0.2) is 47.3 Å². The Morgan fingerprint density at radius 1 is 1.00 bits per heavy atom. The summed E-state index contributed by atoms with van der Waals surface area (Å²) >= 11 is 0. The quantitative estimate of drug-likeness (QED) is 0.760. The van der Waals surface area contributed by atoms with E-state index >= 15 is 0 Å². The number of fused-ring (bicyclic) bond motifs is 1. The Morgan fingerprint density at radius 3 is 2.52 bits per heavy atom. The highest BCUT2D eigenvalue weighted by molar-refractivity contribution is 5.93. The Balaban J connectivity index is 1.80. The highest BCUT2D eigenvalue weighted by atomic mass is 16.1. The third kappa shape index (κ3) is 3.79. The summed E-state index contributed by atoms with van der Waals surface area (Å²) in [6, 6.07) is 13.7. The van der Waals surface area contributed by atoms with Crippen LogP contribution in [0.3, 0.4) is 0 Å². The summed E-state index contributed by atoms with van der Waals surface area (Å²) in [5, 5.41) is 3.94. The van der Waals surface area contributed by atoms with Gasteiger partial charge in [0.15, 0.2) is 0 Å². The number of hydrogen-bond acceptors (Lipinski definition) is 2. The SMILES string of the molecule is CCc1ccc(C)c(NC(=O)Cc2ccc3[nH]c(=O)c(C)cc3c2)c1. The van der Waals surface area contributed by atoms with Gasteiger partial charge in [0.1, 0.15) is 0 Å². The van der Waals surface area contributed by atoms with Crippen molar-refractivity contribution in [1.29, 1.82) is 0 Å². The van der Waals surface area contributed by atoms with Gasteiger partial charge in [0, 0.05) is 16.8 Å². The van der Waals surface area contributed by atoms with Crippen molar-refractivity contribution in [2.24, 2.45) is 0 Å². The van der Waals surface area contributed by atoms with Crippen molar-refractivity contribution < 1.29 is 4.79 Å². The summed E-state index contributed by atoms with van der Waals surface area (Å²) in [5.41, 5.74) is 5.41. The van der Waals surface area contributed by atoms with Gasteiger partial charge in [-0.25, -0.2) is 0 Å². The van der Waals surface area contributed by atoms with Crippen LogP contribution in [0.1, 0.15) is 29.2 Å². The van der Waals surface area contributed by atoms with Crippen molar-refractivity contribution in [3.05, 3.63) is 75.1 Å². The zero-order valence-electron chi connectivity index (χ0n) is 14.8. The molecule has 128 valence electrons. The minimum atomic E-state index is -0.0794. The molecule has 0 spiro atoms. The maximum atomic E-state index is 12.4. The second-order valence-corrected chi connectivity index (χ2v) is 6.43. The number of carbonyl (C=O) groups is 1. The van der Waals surface area contributed by atoms with Gasteiger partial charge in [-0.1, -0.05) is 25.1 Å². The van der Waals surface area contributed by atoms with Crippen LogP contribution in [0.5, 0.6) is 0 Å². The molecular formula is C21H22N2O2. The lowest BCUT2D eigenvalue weighted by Gasteiger charge is -2.10. The molecule has 4 nitrogen and oxygen atoms in total. The van der Waals surface area contributed by atoms with Crippen molar-refractivity contribution in [3.8, 4) is 0 Å². The van der Waals surface area contributed by atoms with Gasteiger partial charge in [0.05, 0.1) is 6.42 Å². The van der Waals surface area contributed by atoms with Gasteiger partial charge in [0.25, 0.3) is 5.56 Å². The molecule has 0 aliphatic rings. The summed E-state index contributed by atoms with van der Waals surface area (Å²) < 4.78 is 0. The van der Waals surface area contributed by atoms with Crippen molar-refractivity contribution in [3.63, 3.8) is 0 Å². The first kappa shape index (κ1) is 17.0. The number of amides is 1. The van der Waals surface area contributed by atoms with E-state index in [4.69, 9.17) is 0 Å². The van der Waals surface area contributed by atoms with Crippen LogP contribution in [0.4, 0.5) is 5.69 Å². The number of aryl methyl sites for hydroxylation is 3. The molecule has 0 saturated carbocycles. The third-order valence-electron chi connectivity index (χ3n) is 4.44. The molecule has 0 unspecified atom stereocenters. The zero-order valence-corrected chi connectivity index (χ0v) is 14.8. The molecule has 0 saturated heterocycles. The molecule has 0 bridgehead atoms. The van der Waals surface area contributed by atoms with Gasteiger partial charge in [-0.3, -0.25) is 9.59 Å². The average molecular weight is 334 g/mol. The van der Waals surface area contributed by atoms with E-state index in [1.54, 1.807) is 6.92 Å². The molecule has 2 aromatic carbocycles. The summed E-state index contributed by atoms with van der Waals surface area (Å²) in [5.74, 6) is -0.0446. The number of aromatic nitrogens is 1. The van der Waals surface area contributed by atoms with Crippen LogP contribution in [0.2, 0.25) is 0 Å². The van der Waals surface area contributed by atoms with E-state index in [0.29, 0.717) is 12.0 Å². The Labute approximate surface area is 146 Å². The lowest BCUT2D eigenvalue weighted by molar-refractivity contribution is -0.115. The van der Waals surface area contributed by atoms with Crippen molar-refractivity contribution in [2.45, 2.75) is 33.6 Å². The monoisotopic (exact) mass is 334 g/mol. The number of anilines is 1. The lowest BCUT2D eigenvalue weighted by Crippen LogP contribution is -2.15. The molecule has 0 atom stereocenters. The second kappa shape index (κ2) is 6.93. The normalized spacial score (nSPS) is 10.8. The first-order valence-electron chi connectivity index (χ1n) is 8.48. The molecule has 25 heavy (non-hydrogen) atoms. The number of carbonyl (C=O) groups excluding carboxylic acids is 1. The fraction of sp³-hybridized carbons (Fsp3) is 0.238. The molecule has 1 aromatic heterocycles. The first-order valence-corrected chi connectivity index (χ1v) is 8.48. The molecule has 0 fully saturated rings. The largest absolute Gasteiger partial charge is 0.326 e. The topological polar surface area (TPSA) is 62.0 Å². The molecule has 2 N–H and O–H groups in total. The average Bonchev–Trinajstić information content (AvgIpc) is 2.58. The maximum Gasteiger partial charge on any atom is 0.251 e. The fourth-order valence-corrected chi connectivity index (χ4v) is 2.88. The number of nitrogens with one attached hydrogen (secondary N) is 2. The number of H-pyrrole nitrogens is 1. The Bertz CT molecular complexity index is 1000. The summed E-state index contributed by atoms with van der Waals surface area (Å²) in [6.07, 6.45) is 1.23. The number of pyridine rings is 1. The molecular weight excluding hydrogens is 312 g/mol. The lowest BCUT2D eigenvalue weighted by atomic mass is 10.1. The van der Waals surface area contributed by atoms with Crippen molar-refractivity contribution in [2.75, 3.05) is 5.32 Å². The van der Waals surface area contributed by atoms with Gasteiger partial charge < -0.3 is 10.3 Å². The maximum absolute atomic E-state index is 12.4. The van der Waals surface area contributed by atoms with Gasteiger partial charge in [-0.05, 0) is 66.6 Å². The molecule has 0 radical (unpaired) electrons. The number of benzene rings is 2. The standard InChI is InChI=1S/C21H22N2O2/c1-4-15-6-5-13(2)19(11-15)22-20(24)12-16-7-8-18-17(10-16)9-14(3)21(25)23-18/h5-11H,4,12H2,1-3H3,(H,22,24)(H,23,25). The Kier molecular flexibility index (Phi) is 4.70. The number of hydrogen-bond donors (Lipinski definition) is 2. The fourth-order valence-electron chi connectivity index (χ4n) is 2.88. The van der Waals surface area contributed by atoms with Gasteiger partial charge in [-0.2, -0.15) is 0 Å². The van der Waals surface area contributed by atoms with Gasteiger partial charge in [-0.15, -0.1) is 0 Å². The zero-order chi connectivity index (χ0) is 18.0. The van der Waals surface area contributed by atoms with Crippen LogP contribution < -0.4 is 10.9 Å². The highest BCUT2D eigenvalue weighted by Gasteiger charge is 2.08. The van der Waals surface area contributed by atoms with E-state index in [9.17, 15) is 9.59 Å². The van der Waals surface area contributed by atoms with Gasteiger partial charge >= 0.3 is 0 Å². The molecule has 3 rings (SSSR count). The predicted molar refractivity (Wildman–Crippen MR) is 102 cm³/mol. The molecule has 1 amide bonds. The Morgan fingerprint density at radius 2 is 1.76 bits per heavy atom. The molecule has 0 aliphatic heterocycles. The molecule has 0 aliphatic carbocycles. The molecule has 3 aromatic rings. The van der Waals surface area contributed by atoms with Crippen LogP contribution in [0.25, 0.3) is 10.9 Å². The van der Waals surface area contributed by atoms with E-state index in [0.717, 1.165) is 34.1 Å². The highest BCUT2D eigenvalue weighted by Crippen LogP contribution is 2.19. The van der Waals surface area contributed by atoms with Crippen LogP contribution in [0, 0.1) is 13.8 Å². The minimum absolute atomic E-state index is 0.0446. The second-order valence-electron chi connectivity index (χ2n) is 6.43. The smallest absolute Gasteiger partial charge is 0.251 e. The predicted octanol–water partition coefficient (Wildman–Crippen LogP) is 3.89. The summed E-state index contributed by atoms with van der Waals surface area (Å²) in [7, 11) is 0. The summed E-state index contributed by atoms with van der Waals surface area (Å²) in [6.45, 7) is 5.86. The van der Waals surface area contributed by atoms with E-state index in [-0.39, 0.29) is 11.5 Å². The van der Waals surface area contributed by atoms with E-state index in [2.05, 4.69) is 23.3 Å². The van der Waals surface area contributed by atoms with Crippen LogP contribution in [-0.2, 0) is 17.6 Å². The van der Waals surface area contributed by atoms with Crippen LogP contribution >= 0.6 is 0 Å². The van der Waals surface area contributed by atoms with Crippen molar-refractivity contribution in [1.82, 2.24) is 4.98 Å². The summed E-state index contributed by atoms with van der Waals surface area (Å²) in [4.78, 5) is 26.9. The van der Waals surface area contributed by atoms with E-state index in [1.807, 2.05) is 43.3 Å². The van der Waals surface area contributed by atoms with Gasteiger partial charge in [0.2, 0.25) is 5.91 Å². The van der Waals surface area contributed by atoms with E-state index < -0.39 is 0 Å². The minimum Gasteiger partial charge on any atom is -0.326 e. The molecule has 4 heteroatoms. The van der Waals surface area contributed by atoms with E-state index in [1.165, 1.54) is 5.56 Å².